The van der Waals surface area contributed by atoms with Gasteiger partial charge in [0.05, 0.1) is 10.0 Å². The maximum absolute atomic E-state index is 11.8. The number of benzene rings is 2. The number of hydrogen-bond acceptors (Lipinski definition) is 3. The van der Waals surface area contributed by atoms with Crippen LogP contribution in [-0.4, -0.2) is 12.5 Å². The normalized spacial score (nSPS) is 10.1. The summed E-state index contributed by atoms with van der Waals surface area (Å²) >= 11 is 11.9. The Hall–Kier alpha value is -1.91. The molecule has 0 aromatic heterocycles. The van der Waals surface area contributed by atoms with Crippen LogP contribution in [0, 0.1) is 0 Å². The van der Waals surface area contributed by atoms with Crippen LogP contribution in [0.1, 0.15) is 0 Å². The van der Waals surface area contributed by atoms with Gasteiger partial charge >= 0.3 is 0 Å². The Kier molecular flexibility index (Phi) is 4.71. The molecule has 2 aromatic rings. The maximum Gasteiger partial charge on any atom is 0.262 e. The predicted octanol–water partition coefficient (Wildman–Crippen LogP) is 3.59. The third-order valence-electron chi connectivity index (χ3n) is 2.44. The summed E-state index contributed by atoms with van der Waals surface area (Å²) in [6.45, 7) is -0.196. The highest BCUT2D eigenvalue weighted by molar-refractivity contribution is 6.37. The van der Waals surface area contributed by atoms with Gasteiger partial charge in [-0.25, -0.2) is 0 Å². The monoisotopic (exact) mass is 310 g/mol. The van der Waals surface area contributed by atoms with Gasteiger partial charge in [0.15, 0.2) is 12.4 Å². The molecule has 0 unspecified atom stereocenters. The van der Waals surface area contributed by atoms with Crippen LogP contribution in [0.3, 0.4) is 0 Å². The fraction of sp³-hybridized carbons (Fsp3) is 0.0714. The molecule has 2 rings (SSSR count). The van der Waals surface area contributed by atoms with E-state index in [0.29, 0.717) is 27.2 Å². The molecule has 104 valence electrons. The van der Waals surface area contributed by atoms with E-state index in [1.54, 1.807) is 42.5 Å². The van der Waals surface area contributed by atoms with Crippen LogP contribution in [0.2, 0.25) is 10.0 Å². The Bertz CT molecular complexity index is 612. The van der Waals surface area contributed by atoms with E-state index in [1.807, 2.05) is 0 Å². The molecule has 20 heavy (non-hydrogen) atoms. The first-order chi connectivity index (χ1) is 9.56. The molecule has 4 nitrogen and oxygen atoms in total. The number of carbonyl (C=O) groups is 1. The molecule has 0 aliphatic heterocycles. The van der Waals surface area contributed by atoms with Crippen molar-refractivity contribution < 1.29 is 9.53 Å². The Labute approximate surface area is 126 Å². The number of rotatable bonds is 4. The third kappa shape index (κ3) is 3.79. The highest BCUT2D eigenvalue weighted by atomic mass is 35.5. The molecule has 2 aromatic carbocycles. The lowest BCUT2D eigenvalue weighted by Gasteiger charge is -2.10. The van der Waals surface area contributed by atoms with Crippen LogP contribution in [0.25, 0.3) is 0 Å². The first-order valence-corrected chi connectivity index (χ1v) is 6.54. The second kappa shape index (κ2) is 6.50. The number of hydrogen-bond donors (Lipinski definition) is 2. The van der Waals surface area contributed by atoms with Gasteiger partial charge in [-0.05, 0) is 30.3 Å². The molecule has 0 heterocycles. The van der Waals surface area contributed by atoms with Crippen LogP contribution >= 0.6 is 23.2 Å². The van der Waals surface area contributed by atoms with Gasteiger partial charge in [-0.15, -0.1) is 0 Å². The van der Waals surface area contributed by atoms with Crippen LogP contribution in [0.15, 0.2) is 42.5 Å². The van der Waals surface area contributed by atoms with Crippen molar-refractivity contribution in [2.24, 2.45) is 0 Å². The second-order valence-corrected chi connectivity index (χ2v) is 4.83. The molecule has 0 aliphatic carbocycles. The minimum absolute atomic E-state index is 0.196. The highest BCUT2D eigenvalue weighted by Gasteiger charge is 2.09. The van der Waals surface area contributed by atoms with Crippen molar-refractivity contribution in [3.8, 4) is 5.75 Å². The van der Waals surface area contributed by atoms with E-state index in [0.717, 1.165) is 0 Å². The molecule has 0 bridgehead atoms. The first kappa shape index (κ1) is 14.5. The molecule has 0 radical (unpaired) electrons. The lowest BCUT2D eigenvalue weighted by molar-refractivity contribution is -0.118. The Morgan fingerprint density at radius 2 is 1.80 bits per heavy atom. The summed E-state index contributed by atoms with van der Waals surface area (Å²) < 4.78 is 5.32. The van der Waals surface area contributed by atoms with Crippen LogP contribution in [0.4, 0.5) is 11.4 Å². The van der Waals surface area contributed by atoms with E-state index < -0.39 is 0 Å². The molecule has 6 heteroatoms. The van der Waals surface area contributed by atoms with Crippen molar-refractivity contribution in [1.82, 2.24) is 0 Å². The average Bonchev–Trinajstić information content (AvgIpc) is 2.38. The van der Waals surface area contributed by atoms with Gasteiger partial charge in [-0.1, -0.05) is 35.3 Å². The summed E-state index contributed by atoms with van der Waals surface area (Å²) in [5.74, 6) is -0.0369. The van der Waals surface area contributed by atoms with E-state index in [4.69, 9.17) is 33.7 Å². The first-order valence-electron chi connectivity index (χ1n) is 5.78. The van der Waals surface area contributed by atoms with E-state index in [2.05, 4.69) is 5.32 Å². The van der Waals surface area contributed by atoms with Crippen molar-refractivity contribution in [2.75, 3.05) is 17.7 Å². The summed E-state index contributed by atoms with van der Waals surface area (Å²) in [6.07, 6.45) is 0. The fourth-order valence-corrected chi connectivity index (χ4v) is 2.08. The van der Waals surface area contributed by atoms with Gasteiger partial charge in [0.25, 0.3) is 5.91 Å². The molecule has 0 fully saturated rings. The van der Waals surface area contributed by atoms with Crippen molar-refractivity contribution >= 4 is 40.5 Å². The number of amides is 1. The smallest absolute Gasteiger partial charge is 0.262 e. The topological polar surface area (TPSA) is 64.3 Å². The van der Waals surface area contributed by atoms with E-state index in [1.165, 1.54) is 0 Å². The van der Waals surface area contributed by atoms with Gasteiger partial charge in [0, 0.05) is 11.4 Å². The van der Waals surface area contributed by atoms with E-state index in [9.17, 15) is 4.79 Å². The Morgan fingerprint density at radius 1 is 1.15 bits per heavy atom. The van der Waals surface area contributed by atoms with Crippen molar-refractivity contribution in [3.05, 3.63) is 52.5 Å². The summed E-state index contributed by atoms with van der Waals surface area (Å²) in [7, 11) is 0. The molecule has 0 saturated carbocycles. The number of ether oxygens (including phenoxy) is 1. The van der Waals surface area contributed by atoms with Gasteiger partial charge < -0.3 is 15.8 Å². The number of carbonyl (C=O) groups excluding carboxylic acids is 1. The van der Waals surface area contributed by atoms with Crippen LogP contribution in [0.5, 0.6) is 5.75 Å². The Balaban J connectivity index is 1.96. The Morgan fingerprint density at radius 3 is 2.45 bits per heavy atom. The van der Waals surface area contributed by atoms with Crippen molar-refractivity contribution in [1.29, 1.82) is 0 Å². The van der Waals surface area contributed by atoms with Crippen LogP contribution in [-0.2, 0) is 4.79 Å². The van der Waals surface area contributed by atoms with Gasteiger partial charge in [-0.2, -0.15) is 0 Å². The molecule has 0 aliphatic rings. The zero-order valence-corrected chi connectivity index (χ0v) is 11.9. The SMILES string of the molecule is Nc1cccc(NC(=O)COc2c(Cl)cccc2Cl)c1. The summed E-state index contributed by atoms with van der Waals surface area (Å²) in [5, 5.41) is 3.37. The van der Waals surface area contributed by atoms with Gasteiger partial charge in [0.1, 0.15) is 0 Å². The standard InChI is InChI=1S/C14H12Cl2N2O2/c15-11-5-2-6-12(16)14(11)20-8-13(19)18-10-4-1-3-9(17)7-10/h1-7H,8,17H2,(H,18,19). The molecule has 0 saturated heterocycles. The minimum Gasteiger partial charge on any atom is -0.481 e. The van der Waals surface area contributed by atoms with Crippen molar-refractivity contribution in [3.63, 3.8) is 0 Å². The third-order valence-corrected chi connectivity index (χ3v) is 3.03. The number of nitrogen functional groups attached to an aromatic ring is 1. The molecule has 3 N–H and O–H groups in total. The van der Waals surface area contributed by atoms with Crippen LogP contribution < -0.4 is 15.8 Å². The van der Waals surface area contributed by atoms with E-state index >= 15 is 0 Å². The number of anilines is 2. The lowest BCUT2D eigenvalue weighted by Crippen LogP contribution is -2.20. The largest absolute Gasteiger partial charge is 0.481 e. The van der Waals surface area contributed by atoms with Crippen molar-refractivity contribution in [2.45, 2.75) is 0 Å². The minimum atomic E-state index is -0.327. The quantitative estimate of drug-likeness (QED) is 0.848. The number of halogens is 2. The van der Waals surface area contributed by atoms with E-state index in [-0.39, 0.29) is 12.5 Å². The second-order valence-electron chi connectivity index (χ2n) is 4.01. The molecule has 1 amide bonds. The molecular weight excluding hydrogens is 299 g/mol. The predicted molar refractivity (Wildman–Crippen MR) is 81.4 cm³/mol. The number of nitrogens with two attached hydrogens (primary N) is 1. The summed E-state index contributed by atoms with van der Waals surface area (Å²) in [4.78, 5) is 11.8. The number of nitrogens with one attached hydrogen (secondary N) is 1. The van der Waals surface area contributed by atoms with Gasteiger partial charge in [0.2, 0.25) is 0 Å². The zero-order chi connectivity index (χ0) is 14.5. The highest BCUT2D eigenvalue weighted by Crippen LogP contribution is 2.32. The molecule has 0 atom stereocenters. The molecule has 0 spiro atoms. The number of para-hydroxylation sites is 1. The maximum atomic E-state index is 11.8. The zero-order valence-electron chi connectivity index (χ0n) is 10.4. The summed E-state index contributed by atoms with van der Waals surface area (Å²) in [5.41, 5.74) is 6.79. The lowest BCUT2D eigenvalue weighted by atomic mass is 10.3. The summed E-state index contributed by atoms with van der Waals surface area (Å²) in [6, 6.07) is 11.8. The fourth-order valence-electron chi connectivity index (χ4n) is 1.57. The molecular formula is C14H12Cl2N2O2. The van der Waals surface area contributed by atoms with Gasteiger partial charge in [-0.3, -0.25) is 4.79 Å². The average molecular weight is 311 g/mol.